The number of piperazine rings is 1. The molecule has 0 amide bonds. The van der Waals surface area contributed by atoms with E-state index in [9.17, 15) is 8.78 Å². The smallest absolute Gasteiger partial charge is 0.258 e. The van der Waals surface area contributed by atoms with E-state index in [0.29, 0.717) is 22.3 Å². The summed E-state index contributed by atoms with van der Waals surface area (Å²) < 4.78 is 26.7. The molecule has 16 heavy (non-hydrogen) atoms. The Kier molecular flexibility index (Phi) is 4.13. The molecule has 1 aromatic rings. The van der Waals surface area contributed by atoms with Gasteiger partial charge in [-0.25, -0.2) is 8.78 Å². The van der Waals surface area contributed by atoms with Gasteiger partial charge in [-0.1, -0.05) is 11.6 Å². The van der Waals surface area contributed by atoms with Gasteiger partial charge in [-0.05, 0) is 12.1 Å². The van der Waals surface area contributed by atoms with Gasteiger partial charge in [-0.15, -0.1) is 11.3 Å². The molecule has 2 rings (SSSR count). The lowest BCUT2D eigenvalue weighted by molar-refractivity contribution is 0.0200. The van der Waals surface area contributed by atoms with Crippen LogP contribution in [0, 0.1) is 0 Å². The summed E-state index contributed by atoms with van der Waals surface area (Å²) in [6.07, 6.45) is -2.37. The second kappa shape index (κ2) is 5.40. The van der Waals surface area contributed by atoms with E-state index in [1.165, 1.54) is 11.3 Å². The number of nitrogens with zero attached hydrogens (tertiary/aromatic N) is 1. The third-order valence-corrected chi connectivity index (χ3v) is 3.97. The second-order valence-corrected chi connectivity index (χ2v) is 5.45. The molecule has 1 aliphatic rings. The zero-order chi connectivity index (χ0) is 11.5. The first kappa shape index (κ1) is 12.2. The highest BCUT2D eigenvalue weighted by atomic mass is 35.5. The second-order valence-electron chi connectivity index (χ2n) is 3.71. The van der Waals surface area contributed by atoms with Crippen LogP contribution in [0.15, 0.2) is 12.1 Å². The van der Waals surface area contributed by atoms with E-state index in [2.05, 4.69) is 5.32 Å². The van der Waals surface area contributed by atoms with Crippen molar-refractivity contribution in [1.29, 1.82) is 0 Å². The van der Waals surface area contributed by atoms with Crippen LogP contribution >= 0.6 is 22.9 Å². The van der Waals surface area contributed by atoms with E-state index in [4.69, 9.17) is 11.6 Å². The molecule has 1 aromatic heterocycles. The minimum atomic E-state index is -2.37. The first-order valence-corrected chi connectivity index (χ1v) is 6.36. The van der Waals surface area contributed by atoms with E-state index in [-0.39, 0.29) is 0 Å². The highest BCUT2D eigenvalue weighted by Crippen LogP contribution is 2.34. The summed E-state index contributed by atoms with van der Waals surface area (Å²) in [5.74, 6) is 0. The maximum absolute atomic E-state index is 13.1. The van der Waals surface area contributed by atoms with Crippen LogP contribution in [-0.2, 0) is 0 Å². The first-order valence-electron chi connectivity index (χ1n) is 5.16. The molecule has 1 atom stereocenters. The molecule has 0 spiro atoms. The van der Waals surface area contributed by atoms with Gasteiger partial charge in [0.05, 0.1) is 4.34 Å². The molecule has 2 nitrogen and oxygen atoms in total. The van der Waals surface area contributed by atoms with Crippen molar-refractivity contribution in [3.8, 4) is 0 Å². The summed E-state index contributed by atoms with van der Waals surface area (Å²) in [4.78, 5) is 2.48. The van der Waals surface area contributed by atoms with Gasteiger partial charge in [-0.3, -0.25) is 4.90 Å². The molecule has 0 bridgehead atoms. The Morgan fingerprint density at radius 1 is 1.31 bits per heavy atom. The van der Waals surface area contributed by atoms with Crippen molar-refractivity contribution in [1.82, 2.24) is 10.2 Å². The van der Waals surface area contributed by atoms with Gasteiger partial charge in [-0.2, -0.15) is 0 Å². The first-order chi connectivity index (χ1) is 7.68. The fourth-order valence-corrected chi connectivity index (χ4v) is 3.11. The fraction of sp³-hybridized carbons (Fsp3) is 0.600. The Labute approximate surface area is 102 Å². The van der Waals surface area contributed by atoms with Gasteiger partial charge in [0.25, 0.3) is 6.43 Å². The number of hydrogen-bond donors (Lipinski definition) is 1. The molecule has 0 aromatic carbocycles. The van der Waals surface area contributed by atoms with E-state index < -0.39 is 12.5 Å². The average molecular weight is 267 g/mol. The van der Waals surface area contributed by atoms with Crippen molar-refractivity contribution in [2.45, 2.75) is 12.5 Å². The molecule has 0 aliphatic carbocycles. The number of thiophene rings is 1. The minimum absolute atomic E-state index is 0.566. The van der Waals surface area contributed by atoms with Crippen LogP contribution in [0.3, 0.4) is 0 Å². The average Bonchev–Trinajstić information content (AvgIpc) is 2.66. The highest BCUT2D eigenvalue weighted by Gasteiger charge is 2.31. The van der Waals surface area contributed by atoms with Gasteiger partial charge in [0.1, 0.15) is 6.04 Å². The lowest BCUT2D eigenvalue weighted by Gasteiger charge is -2.33. The van der Waals surface area contributed by atoms with Crippen molar-refractivity contribution < 1.29 is 8.78 Å². The summed E-state index contributed by atoms with van der Waals surface area (Å²) in [7, 11) is 0. The Hall–Kier alpha value is -0.230. The summed E-state index contributed by atoms with van der Waals surface area (Å²) in [6.45, 7) is 2.85. The topological polar surface area (TPSA) is 15.3 Å². The summed E-state index contributed by atoms with van der Waals surface area (Å²) in [5, 5.41) is 3.16. The van der Waals surface area contributed by atoms with Gasteiger partial charge in [0.2, 0.25) is 0 Å². The van der Waals surface area contributed by atoms with Crippen LogP contribution < -0.4 is 5.32 Å². The molecular formula is C10H13ClF2N2S. The zero-order valence-corrected chi connectivity index (χ0v) is 10.2. The predicted molar refractivity (Wildman–Crippen MR) is 62.5 cm³/mol. The Morgan fingerprint density at radius 3 is 2.50 bits per heavy atom. The minimum Gasteiger partial charge on any atom is -0.314 e. The zero-order valence-electron chi connectivity index (χ0n) is 8.63. The summed E-state index contributed by atoms with van der Waals surface area (Å²) in [6, 6.07) is 2.57. The number of hydrogen-bond acceptors (Lipinski definition) is 3. The van der Waals surface area contributed by atoms with E-state index in [1.807, 2.05) is 4.90 Å². The Balaban J connectivity index is 2.16. The van der Waals surface area contributed by atoms with Crippen LogP contribution in [0.4, 0.5) is 8.78 Å². The van der Waals surface area contributed by atoms with Crippen LogP contribution in [0.1, 0.15) is 10.9 Å². The van der Waals surface area contributed by atoms with Crippen LogP contribution in [0.25, 0.3) is 0 Å². The number of nitrogens with one attached hydrogen (secondary N) is 1. The SMILES string of the molecule is FC(F)[C@H](c1ccc(Cl)s1)N1CCNCC1. The van der Waals surface area contributed by atoms with Crippen LogP contribution in [0.5, 0.6) is 0 Å². The molecule has 6 heteroatoms. The molecule has 1 N–H and O–H groups in total. The fourth-order valence-electron chi connectivity index (χ4n) is 1.91. The maximum Gasteiger partial charge on any atom is 0.258 e. The Morgan fingerprint density at radius 2 is 2.00 bits per heavy atom. The predicted octanol–water partition coefficient (Wildman–Crippen LogP) is 2.61. The van der Waals surface area contributed by atoms with Crippen molar-refractivity contribution in [2.75, 3.05) is 26.2 Å². The third-order valence-electron chi connectivity index (χ3n) is 2.67. The number of alkyl halides is 2. The van der Waals surface area contributed by atoms with E-state index in [1.54, 1.807) is 12.1 Å². The van der Waals surface area contributed by atoms with E-state index in [0.717, 1.165) is 13.1 Å². The maximum atomic E-state index is 13.1. The highest BCUT2D eigenvalue weighted by molar-refractivity contribution is 7.16. The molecule has 1 saturated heterocycles. The third kappa shape index (κ3) is 2.71. The van der Waals surface area contributed by atoms with Gasteiger partial charge in [0, 0.05) is 31.1 Å². The summed E-state index contributed by atoms with van der Waals surface area (Å²) in [5.41, 5.74) is 0. The molecule has 0 unspecified atom stereocenters. The van der Waals surface area contributed by atoms with E-state index >= 15 is 0 Å². The molecule has 2 heterocycles. The molecule has 0 saturated carbocycles. The summed E-state index contributed by atoms with van der Waals surface area (Å²) >= 11 is 7.03. The number of rotatable bonds is 3. The largest absolute Gasteiger partial charge is 0.314 e. The lowest BCUT2D eigenvalue weighted by Crippen LogP contribution is -2.46. The van der Waals surface area contributed by atoms with Crippen molar-refractivity contribution >= 4 is 22.9 Å². The monoisotopic (exact) mass is 266 g/mol. The van der Waals surface area contributed by atoms with Crippen molar-refractivity contribution in [3.63, 3.8) is 0 Å². The van der Waals surface area contributed by atoms with Crippen molar-refractivity contribution in [2.24, 2.45) is 0 Å². The number of halogens is 3. The Bertz CT molecular complexity index is 339. The standard InChI is InChI=1S/C10H13ClF2N2S/c11-8-2-1-7(16-8)9(10(12)13)15-5-3-14-4-6-15/h1-2,9-10,14H,3-6H2/t9-/m0/s1. The van der Waals surface area contributed by atoms with Crippen molar-refractivity contribution in [3.05, 3.63) is 21.3 Å². The van der Waals surface area contributed by atoms with Gasteiger partial charge < -0.3 is 5.32 Å². The molecule has 1 aliphatic heterocycles. The lowest BCUT2D eigenvalue weighted by atomic mass is 10.2. The quantitative estimate of drug-likeness (QED) is 0.905. The normalized spacial score (nSPS) is 20.2. The van der Waals surface area contributed by atoms with Crippen LogP contribution in [-0.4, -0.2) is 37.5 Å². The van der Waals surface area contributed by atoms with Gasteiger partial charge >= 0.3 is 0 Å². The molecule has 0 radical (unpaired) electrons. The molecular weight excluding hydrogens is 254 g/mol. The molecule has 90 valence electrons. The van der Waals surface area contributed by atoms with Crippen LogP contribution in [0.2, 0.25) is 4.34 Å². The van der Waals surface area contributed by atoms with Gasteiger partial charge in [0.15, 0.2) is 0 Å². The molecule has 1 fully saturated rings.